The molecule has 1 aromatic heterocycles. The molecule has 0 aliphatic heterocycles. The van der Waals surface area contributed by atoms with E-state index in [1.54, 1.807) is 7.11 Å². The van der Waals surface area contributed by atoms with E-state index in [-0.39, 0.29) is 5.78 Å². The molecular weight excluding hydrogens is 254 g/mol. The molecule has 2 aromatic rings. The number of ether oxygens (including phenoxy) is 2. The molecule has 106 valence electrons. The maximum absolute atomic E-state index is 12.1. The predicted octanol–water partition coefficient (Wildman–Crippen LogP) is 2.78. The second-order valence-corrected chi connectivity index (χ2v) is 4.64. The van der Waals surface area contributed by atoms with Crippen molar-refractivity contribution in [1.29, 1.82) is 0 Å². The summed E-state index contributed by atoms with van der Waals surface area (Å²) in [4.78, 5) is 16.5. The first kappa shape index (κ1) is 14.6. The standard InChI is InChI=1S/C16H19NO3/c1-12-3-4-13-11-14(5-6-15(13)17-12)16(18)7-8-20-10-9-19-2/h3-6,11H,7-10H2,1-2H3. The molecule has 0 aliphatic carbocycles. The lowest BCUT2D eigenvalue weighted by Crippen LogP contribution is -2.08. The number of carbonyl (C=O) groups is 1. The van der Waals surface area contributed by atoms with Gasteiger partial charge in [-0.2, -0.15) is 0 Å². The highest BCUT2D eigenvalue weighted by Gasteiger charge is 2.07. The first-order valence-electron chi connectivity index (χ1n) is 6.68. The van der Waals surface area contributed by atoms with E-state index < -0.39 is 0 Å². The third kappa shape index (κ3) is 3.85. The van der Waals surface area contributed by atoms with Gasteiger partial charge in [0.1, 0.15) is 0 Å². The van der Waals surface area contributed by atoms with E-state index in [1.165, 1.54) is 0 Å². The third-order valence-corrected chi connectivity index (χ3v) is 3.06. The fourth-order valence-corrected chi connectivity index (χ4v) is 1.95. The number of Topliss-reactive ketones (excluding diaryl/α,β-unsaturated/α-hetero) is 1. The maximum Gasteiger partial charge on any atom is 0.165 e. The van der Waals surface area contributed by atoms with E-state index >= 15 is 0 Å². The molecule has 0 N–H and O–H groups in total. The first-order chi connectivity index (χ1) is 9.70. The number of aryl methyl sites for hydroxylation is 1. The van der Waals surface area contributed by atoms with Crippen LogP contribution in [0, 0.1) is 6.92 Å². The largest absolute Gasteiger partial charge is 0.382 e. The second-order valence-electron chi connectivity index (χ2n) is 4.64. The zero-order valence-corrected chi connectivity index (χ0v) is 11.9. The van der Waals surface area contributed by atoms with Crippen molar-refractivity contribution < 1.29 is 14.3 Å². The van der Waals surface area contributed by atoms with Gasteiger partial charge in [0.05, 0.1) is 25.3 Å². The van der Waals surface area contributed by atoms with Crippen molar-refractivity contribution in [3.63, 3.8) is 0 Å². The summed E-state index contributed by atoms with van der Waals surface area (Å²) in [5.74, 6) is 0.0879. The first-order valence-corrected chi connectivity index (χ1v) is 6.68. The molecule has 20 heavy (non-hydrogen) atoms. The van der Waals surface area contributed by atoms with Crippen LogP contribution >= 0.6 is 0 Å². The Hall–Kier alpha value is -1.78. The van der Waals surface area contributed by atoms with Crippen molar-refractivity contribution in [1.82, 2.24) is 4.98 Å². The summed E-state index contributed by atoms with van der Waals surface area (Å²) in [6, 6.07) is 9.54. The summed E-state index contributed by atoms with van der Waals surface area (Å²) < 4.78 is 10.2. The average Bonchev–Trinajstić information content (AvgIpc) is 2.46. The van der Waals surface area contributed by atoms with Gasteiger partial charge in [-0.05, 0) is 31.2 Å². The highest BCUT2D eigenvalue weighted by Crippen LogP contribution is 2.16. The summed E-state index contributed by atoms with van der Waals surface area (Å²) in [5.41, 5.74) is 2.60. The van der Waals surface area contributed by atoms with E-state index in [1.807, 2.05) is 37.3 Å². The fraction of sp³-hybridized carbons (Fsp3) is 0.375. The molecule has 0 fully saturated rings. The van der Waals surface area contributed by atoms with Crippen molar-refractivity contribution in [3.8, 4) is 0 Å². The van der Waals surface area contributed by atoms with Crippen LogP contribution in [-0.2, 0) is 9.47 Å². The Morgan fingerprint density at radius 2 is 2.00 bits per heavy atom. The lowest BCUT2D eigenvalue weighted by molar-refractivity contribution is 0.0641. The van der Waals surface area contributed by atoms with Crippen LogP contribution in [0.15, 0.2) is 30.3 Å². The van der Waals surface area contributed by atoms with Crippen LogP contribution in [-0.4, -0.2) is 37.7 Å². The predicted molar refractivity (Wildman–Crippen MR) is 78.1 cm³/mol. The molecule has 0 bridgehead atoms. The normalized spacial score (nSPS) is 10.9. The van der Waals surface area contributed by atoms with Gasteiger partial charge in [-0.25, -0.2) is 0 Å². The summed E-state index contributed by atoms with van der Waals surface area (Å²) >= 11 is 0. The van der Waals surface area contributed by atoms with Crippen molar-refractivity contribution in [3.05, 3.63) is 41.6 Å². The lowest BCUT2D eigenvalue weighted by atomic mass is 10.1. The summed E-state index contributed by atoms with van der Waals surface area (Å²) in [6.07, 6.45) is 0.383. The van der Waals surface area contributed by atoms with Crippen molar-refractivity contribution in [2.24, 2.45) is 0 Å². The monoisotopic (exact) mass is 273 g/mol. The van der Waals surface area contributed by atoms with Crippen molar-refractivity contribution >= 4 is 16.7 Å². The van der Waals surface area contributed by atoms with Crippen LogP contribution in [0.4, 0.5) is 0 Å². The van der Waals surface area contributed by atoms with Crippen LogP contribution in [0.3, 0.4) is 0 Å². The van der Waals surface area contributed by atoms with Gasteiger partial charge in [-0.3, -0.25) is 9.78 Å². The van der Waals surface area contributed by atoms with Crippen LogP contribution in [0.1, 0.15) is 22.5 Å². The van der Waals surface area contributed by atoms with E-state index in [2.05, 4.69) is 4.98 Å². The maximum atomic E-state index is 12.1. The highest BCUT2D eigenvalue weighted by molar-refractivity contribution is 5.99. The van der Waals surface area contributed by atoms with Gasteiger partial charge in [-0.15, -0.1) is 0 Å². The molecule has 1 aromatic carbocycles. The molecule has 1 heterocycles. The van der Waals surface area contributed by atoms with E-state index in [4.69, 9.17) is 9.47 Å². The van der Waals surface area contributed by atoms with Crippen LogP contribution in [0.2, 0.25) is 0 Å². The zero-order valence-electron chi connectivity index (χ0n) is 11.9. The zero-order chi connectivity index (χ0) is 14.4. The van der Waals surface area contributed by atoms with E-state index in [9.17, 15) is 4.79 Å². The van der Waals surface area contributed by atoms with Crippen LogP contribution in [0.5, 0.6) is 0 Å². The molecule has 0 amide bonds. The molecule has 0 radical (unpaired) electrons. The second kappa shape index (κ2) is 7.12. The molecule has 2 rings (SSSR count). The lowest BCUT2D eigenvalue weighted by Gasteiger charge is -2.05. The van der Waals surface area contributed by atoms with Crippen molar-refractivity contribution in [2.75, 3.05) is 26.9 Å². The van der Waals surface area contributed by atoms with Gasteiger partial charge in [0, 0.05) is 30.2 Å². The Balaban J connectivity index is 1.98. The Bertz CT molecular complexity index is 595. The Morgan fingerprint density at radius 3 is 2.80 bits per heavy atom. The average molecular weight is 273 g/mol. The highest BCUT2D eigenvalue weighted by atomic mass is 16.5. The number of fused-ring (bicyclic) bond motifs is 1. The van der Waals surface area contributed by atoms with Gasteiger partial charge >= 0.3 is 0 Å². The number of hydrogen-bond donors (Lipinski definition) is 0. The molecule has 0 saturated heterocycles. The molecule has 0 spiro atoms. The molecule has 0 saturated carbocycles. The number of ketones is 1. The molecule has 4 heteroatoms. The topological polar surface area (TPSA) is 48.4 Å². The van der Waals surface area contributed by atoms with Gasteiger partial charge < -0.3 is 9.47 Å². The fourth-order valence-electron chi connectivity index (χ4n) is 1.95. The van der Waals surface area contributed by atoms with Gasteiger partial charge in [0.15, 0.2) is 5.78 Å². The van der Waals surface area contributed by atoms with E-state index in [0.29, 0.717) is 31.8 Å². The SMILES string of the molecule is COCCOCCC(=O)c1ccc2nc(C)ccc2c1. The number of carbonyl (C=O) groups excluding carboxylic acids is 1. The number of pyridine rings is 1. The van der Waals surface area contributed by atoms with Crippen molar-refractivity contribution in [2.45, 2.75) is 13.3 Å². The number of benzene rings is 1. The number of nitrogens with zero attached hydrogens (tertiary/aromatic N) is 1. The third-order valence-electron chi connectivity index (χ3n) is 3.06. The molecule has 0 aliphatic rings. The van der Waals surface area contributed by atoms with Gasteiger partial charge in [-0.1, -0.05) is 6.07 Å². The Labute approximate surface area is 118 Å². The summed E-state index contributed by atoms with van der Waals surface area (Å²) in [5, 5.41) is 0.988. The Morgan fingerprint density at radius 1 is 1.15 bits per heavy atom. The van der Waals surface area contributed by atoms with Crippen LogP contribution < -0.4 is 0 Å². The van der Waals surface area contributed by atoms with Crippen LogP contribution in [0.25, 0.3) is 10.9 Å². The molecule has 0 unspecified atom stereocenters. The number of methoxy groups -OCH3 is 1. The minimum Gasteiger partial charge on any atom is -0.382 e. The summed E-state index contributed by atoms with van der Waals surface area (Å²) in [6.45, 7) is 3.45. The van der Waals surface area contributed by atoms with Gasteiger partial charge in [0.2, 0.25) is 0 Å². The smallest absolute Gasteiger partial charge is 0.165 e. The number of hydrogen-bond acceptors (Lipinski definition) is 4. The quantitative estimate of drug-likeness (QED) is 0.575. The van der Waals surface area contributed by atoms with Gasteiger partial charge in [0.25, 0.3) is 0 Å². The minimum atomic E-state index is 0.0879. The van der Waals surface area contributed by atoms with E-state index in [0.717, 1.165) is 16.6 Å². The molecule has 0 atom stereocenters. The Kier molecular flexibility index (Phi) is 5.21. The minimum absolute atomic E-state index is 0.0879. The molecule has 4 nitrogen and oxygen atoms in total. The molecular formula is C16H19NO3. The number of rotatable bonds is 7. The summed E-state index contributed by atoms with van der Waals surface area (Å²) in [7, 11) is 1.62. The number of aromatic nitrogens is 1.